The van der Waals surface area contributed by atoms with Gasteiger partial charge in [0.25, 0.3) is 0 Å². The Kier molecular flexibility index (Phi) is 6.27. The van der Waals surface area contributed by atoms with Gasteiger partial charge in [0.05, 0.1) is 17.3 Å². The third-order valence-corrected chi connectivity index (χ3v) is 5.14. The van der Waals surface area contributed by atoms with Crippen LogP contribution in [0.1, 0.15) is 29.2 Å². The Bertz CT molecular complexity index is 971. The van der Waals surface area contributed by atoms with E-state index in [9.17, 15) is 18.0 Å². The lowest BCUT2D eigenvalue weighted by Crippen LogP contribution is -2.54. The van der Waals surface area contributed by atoms with Gasteiger partial charge in [0, 0.05) is 44.5 Å². The van der Waals surface area contributed by atoms with Gasteiger partial charge < -0.3 is 9.64 Å². The summed E-state index contributed by atoms with van der Waals surface area (Å²) in [6.45, 7) is 5.10. The molecule has 1 atom stereocenters. The number of halogens is 3. The third kappa shape index (κ3) is 4.89. The van der Waals surface area contributed by atoms with E-state index in [4.69, 9.17) is 10.00 Å². The number of piperazine rings is 1. The fourth-order valence-corrected chi connectivity index (χ4v) is 3.55. The Labute approximate surface area is 172 Å². The minimum Gasteiger partial charge on any atom is -0.408 e. The van der Waals surface area contributed by atoms with Crippen LogP contribution in [-0.4, -0.2) is 46.6 Å². The quantitative estimate of drug-likeness (QED) is 0.754. The van der Waals surface area contributed by atoms with E-state index in [1.54, 1.807) is 11.0 Å². The number of carbonyl (C=O) groups excluding carboxylic acids is 1. The van der Waals surface area contributed by atoms with E-state index >= 15 is 0 Å². The fraction of sp³-hybridized carbons (Fsp3) is 0.381. The standard InChI is InChI=1S/C21H21F3N4O2/c1-14-12-27(13-17-4-3-5-19(15(17)2)21(22,23)24)6-7-28(14)20(29)30-18-8-16(9-25)10-26-11-18/h3-5,8,10-11,14H,6-7,12-13H2,1-2H3/t14-/m1/s1. The second kappa shape index (κ2) is 8.71. The van der Waals surface area contributed by atoms with E-state index in [0.717, 1.165) is 6.07 Å². The smallest absolute Gasteiger partial charge is 0.408 e. The van der Waals surface area contributed by atoms with Crippen LogP contribution < -0.4 is 4.74 Å². The van der Waals surface area contributed by atoms with Crippen LogP contribution in [0.4, 0.5) is 18.0 Å². The zero-order valence-electron chi connectivity index (χ0n) is 16.6. The predicted molar refractivity (Wildman–Crippen MR) is 103 cm³/mol. The van der Waals surface area contributed by atoms with Crippen LogP contribution in [0.25, 0.3) is 0 Å². The first-order chi connectivity index (χ1) is 14.2. The van der Waals surface area contributed by atoms with Crippen LogP contribution in [0.3, 0.4) is 0 Å². The highest BCUT2D eigenvalue weighted by atomic mass is 19.4. The average molecular weight is 418 g/mol. The summed E-state index contributed by atoms with van der Waals surface area (Å²) in [5, 5.41) is 8.91. The molecule has 1 aromatic heterocycles. The summed E-state index contributed by atoms with van der Waals surface area (Å²) in [5.74, 6) is 0.188. The molecule has 2 heterocycles. The maximum absolute atomic E-state index is 13.1. The maximum atomic E-state index is 13.1. The molecule has 1 aliphatic heterocycles. The van der Waals surface area contributed by atoms with Crippen molar-refractivity contribution in [2.24, 2.45) is 0 Å². The van der Waals surface area contributed by atoms with Crippen molar-refractivity contribution in [1.82, 2.24) is 14.8 Å². The second-order valence-corrected chi connectivity index (χ2v) is 7.25. The molecule has 1 aliphatic rings. The van der Waals surface area contributed by atoms with Crippen molar-refractivity contribution in [2.75, 3.05) is 19.6 Å². The molecule has 1 saturated heterocycles. The number of aromatic nitrogens is 1. The monoisotopic (exact) mass is 418 g/mol. The van der Waals surface area contributed by atoms with Gasteiger partial charge in [0.1, 0.15) is 6.07 Å². The molecule has 6 nitrogen and oxygen atoms in total. The molecule has 30 heavy (non-hydrogen) atoms. The average Bonchev–Trinajstić information content (AvgIpc) is 2.69. The molecule has 1 fully saturated rings. The van der Waals surface area contributed by atoms with Crippen LogP contribution in [-0.2, 0) is 12.7 Å². The van der Waals surface area contributed by atoms with Gasteiger partial charge in [-0.1, -0.05) is 12.1 Å². The number of hydrogen-bond acceptors (Lipinski definition) is 5. The number of benzene rings is 1. The topological polar surface area (TPSA) is 69.5 Å². The SMILES string of the molecule is Cc1c(CN2CCN(C(=O)Oc3cncc(C#N)c3)[C@H](C)C2)cccc1C(F)(F)F. The number of nitriles is 1. The summed E-state index contributed by atoms with van der Waals surface area (Å²) in [6, 6.07) is 7.38. The third-order valence-electron chi connectivity index (χ3n) is 5.14. The minimum atomic E-state index is -4.38. The van der Waals surface area contributed by atoms with Crippen molar-refractivity contribution in [1.29, 1.82) is 5.26 Å². The van der Waals surface area contributed by atoms with Crippen molar-refractivity contribution >= 4 is 6.09 Å². The number of rotatable bonds is 3. The molecule has 0 bridgehead atoms. The normalized spacial score (nSPS) is 17.5. The van der Waals surface area contributed by atoms with E-state index in [2.05, 4.69) is 4.98 Å². The Morgan fingerprint density at radius 2 is 2.10 bits per heavy atom. The molecule has 1 aromatic carbocycles. The Morgan fingerprint density at radius 3 is 2.77 bits per heavy atom. The Hall–Kier alpha value is -3.12. The van der Waals surface area contributed by atoms with E-state index in [1.807, 2.05) is 17.9 Å². The molecular weight excluding hydrogens is 397 g/mol. The number of hydrogen-bond donors (Lipinski definition) is 0. The summed E-state index contributed by atoms with van der Waals surface area (Å²) in [7, 11) is 0. The molecule has 0 unspecified atom stereocenters. The van der Waals surface area contributed by atoms with Gasteiger partial charge in [0.15, 0.2) is 5.75 Å². The first-order valence-electron chi connectivity index (χ1n) is 9.40. The maximum Gasteiger partial charge on any atom is 0.416 e. The summed E-state index contributed by atoms with van der Waals surface area (Å²) in [4.78, 5) is 19.9. The van der Waals surface area contributed by atoms with E-state index < -0.39 is 17.8 Å². The zero-order chi connectivity index (χ0) is 21.9. The molecule has 0 N–H and O–H groups in total. The molecular formula is C21H21F3N4O2. The Morgan fingerprint density at radius 1 is 1.33 bits per heavy atom. The minimum absolute atomic E-state index is 0.188. The Balaban J connectivity index is 1.63. The van der Waals surface area contributed by atoms with Crippen molar-refractivity contribution in [3.63, 3.8) is 0 Å². The molecule has 2 aromatic rings. The number of carbonyl (C=O) groups is 1. The second-order valence-electron chi connectivity index (χ2n) is 7.25. The van der Waals surface area contributed by atoms with Crippen LogP contribution >= 0.6 is 0 Å². The summed E-state index contributed by atoms with van der Waals surface area (Å²) in [5.41, 5.74) is 0.509. The highest BCUT2D eigenvalue weighted by Gasteiger charge is 2.34. The van der Waals surface area contributed by atoms with E-state index in [-0.39, 0.29) is 22.9 Å². The van der Waals surface area contributed by atoms with Crippen LogP contribution in [0.2, 0.25) is 0 Å². The molecule has 0 saturated carbocycles. The first kappa shape index (κ1) is 21.6. The molecule has 0 aliphatic carbocycles. The molecule has 1 amide bonds. The van der Waals surface area contributed by atoms with Crippen LogP contribution in [0.5, 0.6) is 5.75 Å². The lowest BCUT2D eigenvalue weighted by molar-refractivity contribution is -0.138. The van der Waals surface area contributed by atoms with Gasteiger partial charge in [-0.3, -0.25) is 9.88 Å². The van der Waals surface area contributed by atoms with Crippen molar-refractivity contribution in [2.45, 2.75) is 32.6 Å². The number of amides is 1. The van der Waals surface area contributed by atoms with Gasteiger partial charge in [-0.2, -0.15) is 18.4 Å². The highest BCUT2D eigenvalue weighted by molar-refractivity contribution is 5.71. The fourth-order valence-electron chi connectivity index (χ4n) is 3.55. The lowest BCUT2D eigenvalue weighted by atomic mass is 10.0. The van der Waals surface area contributed by atoms with E-state index in [1.165, 1.54) is 31.5 Å². The first-order valence-corrected chi connectivity index (χ1v) is 9.40. The van der Waals surface area contributed by atoms with Gasteiger partial charge in [-0.25, -0.2) is 4.79 Å². The number of alkyl halides is 3. The lowest BCUT2D eigenvalue weighted by Gasteiger charge is -2.39. The molecule has 158 valence electrons. The zero-order valence-corrected chi connectivity index (χ0v) is 16.6. The molecule has 3 rings (SSSR count). The van der Waals surface area contributed by atoms with Crippen LogP contribution in [0, 0.1) is 18.3 Å². The van der Waals surface area contributed by atoms with Crippen molar-refractivity contribution in [3.8, 4) is 11.8 Å². The summed E-state index contributed by atoms with van der Waals surface area (Å²) >= 11 is 0. The summed E-state index contributed by atoms with van der Waals surface area (Å²) < 4.78 is 44.7. The van der Waals surface area contributed by atoms with Gasteiger partial charge in [0.2, 0.25) is 0 Å². The number of ether oxygens (including phenoxy) is 1. The van der Waals surface area contributed by atoms with Crippen molar-refractivity contribution < 1.29 is 22.7 Å². The van der Waals surface area contributed by atoms with E-state index in [0.29, 0.717) is 31.7 Å². The van der Waals surface area contributed by atoms with Gasteiger partial charge >= 0.3 is 12.3 Å². The summed E-state index contributed by atoms with van der Waals surface area (Å²) in [6.07, 6.45) is -2.20. The van der Waals surface area contributed by atoms with Crippen molar-refractivity contribution in [3.05, 3.63) is 58.9 Å². The number of pyridine rings is 1. The molecule has 9 heteroatoms. The molecule has 0 radical (unpaired) electrons. The van der Waals surface area contributed by atoms with Gasteiger partial charge in [-0.05, 0) is 31.0 Å². The largest absolute Gasteiger partial charge is 0.416 e. The van der Waals surface area contributed by atoms with Gasteiger partial charge in [-0.15, -0.1) is 0 Å². The number of nitrogens with zero attached hydrogens (tertiary/aromatic N) is 4. The molecule has 0 spiro atoms. The predicted octanol–water partition coefficient (Wildman–Crippen LogP) is 3.99. The highest BCUT2D eigenvalue weighted by Crippen LogP contribution is 2.33. The van der Waals surface area contributed by atoms with Crippen LogP contribution in [0.15, 0.2) is 36.7 Å².